The van der Waals surface area contributed by atoms with Crippen LogP contribution in [0.3, 0.4) is 0 Å². The fourth-order valence-electron chi connectivity index (χ4n) is 2.98. The Hall–Kier alpha value is 1.38. The molecule has 0 saturated heterocycles. The summed E-state index contributed by atoms with van der Waals surface area (Å²) in [5.41, 5.74) is 0. The van der Waals surface area contributed by atoms with Crippen molar-refractivity contribution in [2.24, 2.45) is 0 Å². The molecule has 3 heteroatoms. The monoisotopic (exact) mass is 458 g/mol. The number of hydrogen-bond donors (Lipinski definition) is 0. The van der Waals surface area contributed by atoms with Gasteiger partial charge in [-0.25, -0.2) is 0 Å². The SMILES string of the molecule is CCCCCCCCCCCCCCCCC[CH2][Sn]([CH3])([Cl])[Cl]. The first-order chi connectivity index (χ1) is 10.6. The van der Waals surface area contributed by atoms with Gasteiger partial charge in [-0.15, -0.1) is 0 Å². The van der Waals surface area contributed by atoms with Crippen LogP contribution >= 0.6 is 17.8 Å². The first-order valence-electron chi connectivity index (χ1n) is 9.94. The van der Waals surface area contributed by atoms with Crippen molar-refractivity contribution in [3.63, 3.8) is 0 Å². The molecule has 0 fully saturated rings. The fourth-order valence-corrected chi connectivity index (χ4v) is 7.26. The van der Waals surface area contributed by atoms with Gasteiger partial charge in [0, 0.05) is 0 Å². The van der Waals surface area contributed by atoms with Crippen molar-refractivity contribution in [1.29, 1.82) is 0 Å². The van der Waals surface area contributed by atoms with E-state index in [1.165, 1.54) is 103 Å². The van der Waals surface area contributed by atoms with Gasteiger partial charge in [0.25, 0.3) is 0 Å². The molecule has 0 nitrogen and oxygen atoms in total. The Morgan fingerprint density at radius 2 is 0.773 bits per heavy atom. The molecule has 0 saturated carbocycles. The quantitative estimate of drug-likeness (QED) is 0.151. The van der Waals surface area contributed by atoms with E-state index in [0.717, 1.165) is 4.44 Å². The van der Waals surface area contributed by atoms with E-state index in [1.807, 2.05) is 0 Å². The second-order valence-corrected chi connectivity index (χ2v) is 27.1. The summed E-state index contributed by atoms with van der Waals surface area (Å²) < 4.78 is 1.14. The van der Waals surface area contributed by atoms with Gasteiger partial charge in [-0.2, -0.15) is 0 Å². The zero-order valence-corrected chi connectivity index (χ0v) is 19.6. The van der Waals surface area contributed by atoms with Crippen molar-refractivity contribution in [3.05, 3.63) is 0 Å². The minimum absolute atomic E-state index is 1.14. The third-order valence-corrected chi connectivity index (χ3v) is 10.5. The van der Waals surface area contributed by atoms with E-state index in [1.54, 1.807) is 0 Å². The average Bonchev–Trinajstić information content (AvgIpc) is 2.45. The van der Waals surface area contributed by atoms with E-state index in [0.29, 0.717) is 0 Å². The van der Waals surface area contributed by atoms with E-state index in [2.05, 4.69) is 11.9 Å². The van der Waals surface area contributed by atoms with Gasteiger partial charge in [0.15, 0.2) is 0 Å². The average molecular weight is 458 g/mol. The molecule has 0 aromatic heterocycles. The molecule has 0 rings (SSSR count). The molecule has 0 aromatic rings. The van der Waals surface area contributed by atoms with Crippen LogP contribution in [0.15, 0.2) is 0 Å². The number of hydrogen-bond acceptors (Lipinski definition) is 0. The van der Waals surface area contributed by atoms with E-state index >= 15 is 0 Å². The molecule has 0 unspecified atom stereocenters. The number of unbranched alkanes of at least 4 members (excludes halogenated alkanes) is 15. The Labute approximate surface area is 152 Å². The van der Waals surface area contributed by atoms with Crippen molar-refractivity contribution < 1.29 is 0 Å². The molecule has 0 aromatic carbocycles. The Kier molecular flexibility index (Phi) is 18.3. The molecule has 0 amide bonds. The standard InChI is InChI=1S/C18H37.CH3.2ClH.Sn/c1-3-5-7-9-11-13-15-17-18-16-14-12-10-8-6-4-2;;;;/h1,3-18H2,2H3;1H3;2*1H;/q;;;;+2/p-2. The van der Waals surface area contributed by atoms with Crippen molar-refractivity contribution in [1.82, 2.24) is 0 Å². The normalized spacial score (nSPS) is 12.0. The van der Waals surface area contributed by atoms with Crippen LogP contribution in [-0.2, 0) is 0 Å². The van der Waals surface area contributed by atoms with Crippen LogP contribution < -0.4 is 0 Å². The molecule has 134 valence electrons. The number of halogens is 2. The van der Waals surface area contributed by atoms with Gasteiger partial charge in [0.2, 0.25) is 0 Å². The number of rotatable bonds is 17. The molecule has 0 heterocycles. The third kappa shape index (κ3) is 21.4. The van der Waals surface area contributed by atoms with Gasteiger partial charge < -0.3 is 0 Å². The molecule has 0 N–H and O–H groups in total. The predicted molar refractivity (Wildman–Crippen MR) is 108 cm³/mol. The van der Waals surface area contributed by atoms with E-state index in [4.69, 9.17) is 17.8 Å². The zero-order valence-electron chi connectivity index (χ0n) is 15.3. The fraction of sp³-hybridized carbons (Fsp3) is 1.00. The summed E-state index contributed by atoms with van der Waals surface area (Å²) in [5, 5.41) is 0. The molecule has 0 atom stereocenters. The first-order valence-corrected chi connectivity index (χ1v) is 22.0. The van der Waals surface area contributed by atoms with Crippen molar-refractivity contribution in [3.8, 4) is 0 Å². The van der Waals surface area contributed by atoms with Crippen molar-refractivity contribution >= 4 is 34.0 Å². The summed E-state index contributed by atoms with van der Waals surface area (Å²) in [6.07, 6.45) is 22.7. The predicted octanol–water partition coefficient (Wildman–Crippen LogP) is 8.80. The minimum atomic E-state index is -2.49. The van der Waals surface area contributed by atoms with Crippen LogP contribution in [0, 0.1) is 0 Å². The van der Waals surface area contributed by atoms with Gasteiger partial charge in [0.05, 0.1) is 0 Å². The van der Waals surface area contributed by atoms with Gasteiger partial charge in [-0.05, 0) is 0 Å². The molecule has 0 radical (unpaired) electrons. The van der Waals surface area contributed by atoms with E-state index in [-0.39, 0.29) is 0 Å². The van der Waals surface area contributed by atoms with E-state index in [9.17, 15) is 0 Å². The topological polar surface area (TPSA) is 0 Å². The third-order valence-electron chi connectivity index (χ3n) is 4.47. The van der Waals surface area contributed by atoms with Crippen LogP contribution in [0.5, 0.6) is 0 Å². The maximum absolute atomic E-state index is 6.17. The molecule has 0 spiro atoms. The summed E-state index contributed by atoms with van der Waals surface area (Å²) in [5.74, 6) is 0. The summed E-state index contributed by atoms with van der Waals surface area (Å²) >= 11 is -2.49. The van der Waals surface area contributed by atoms with Crippen LogP contribution in [0.1, 0.15) is 110 Å². The van der Waals surface area contributed by atoms with Gasteiger partial charge >= 0.3 is 114 Å². The second-order valence-electron chi connectivity index (χ2n) is 7.12. The van der Waals surface area contributed by atoms with Gasteiger partial charge in [0.1, 0.15) is 0 Å². The van der Waals surface area contributed by atoms with Crippen molar-refractivity contribution in [2.75, 3.05) is 0 Å². The van der Waals surface area contributed by atoms with Gasteiger partial charge in [-0.3, -0.25) is 0 Å². The summed E-state index contributed by atoms with van der Waals surface area (Å²) in [4.78, 5) is 2.10. The molecule has 0 aliphatic heterocycles. The Balaban J connectivity index is 3.00. The molecule has 22 heavy (non-hydrogen) atoms. The molecule has 0 aliphatic rings. The molecular formula is C19H40Cl2Sn. The van der Waals surface area contributed by atoms with Crippen molar-refractivity contribution in [2.45, 2.75) is 119 Å². The summed E-state index contributed by atoms with van der Waals surface area (Å²) in [6.45, 7) is 2.29. The molecular weight excluding hydrogens is 418 g/mol. The maximum atomic E-state index is 6.17. The van der Waals surface area contributed by atoms with Crippen LogP contribution in [0.2, 0.25) is 9.38 Å². The summed E-state index contributed by atoms with van der Waals surface area (Å²) in [6, 6.07) is 0. The molecule has 0 bridgehead atoms. The summed E-state index contributed by atoms with van der Waals surface area (Å²) in [7, 11) is 12.3. The van der Waals surface area contributed by atoms with Crippen LogP contribution in [0.4, 0.5) is 0 Å². The first kappa shape index (κ1) is 23.4. The molecule has 0 aliphatic carbocycles. The zero-order chi connectivity index (χ0) is 16.5. The van der Waals surface area contributed by atoms with Gasteiger partial charge in [-0.1, -0.05) is 39.0 Å². The van der Waals surface area contributed by atoms with Crippen LogP contribution in [-0.4, -0.2) is 16.1 Å². The second kappa shape index (κ2) is 17.2. The Bertz CT molecular complexity index is 214. The Morgan fingerprint density at radius 1 is 0.500 bits per heavy atom. The van der Waals surface area contributed by atoms with Crippen LogP contribution in [0.25, 0.3) is 0 Å². The Morgan fingerprint density at radius 3 is 1.05 bits per heavy atom. The van der Waals surface area contributed by atoms with E-state index < -0.39 is 16.1 Å².